The summed E-state index contributed by atoms with van der Waals surface area (Å²) in [5.74, 6) is -2.33. The molecule has 0 aliphatic rings. The number of carbonyl (C=O) groups excluding carboxylic acids is 3. The van der Waals surface area contributed by atoms with Crippen molar-refractivity contribution in [1.29, 1.82) is 0 Å². The van der Waals surface area contributed by atoms with Gasteiger partial charge in [-0.25, -0.2) is 5.43 Å². The number of para-hydroxylation sites is 2. The quantitative estimate of drug-likeness (QED) is 0.342. The summed E-state index contributed by atoms with van der Waals surface area (Å²) in [5.41, 5.74) is 2.98. The van der Waals surface area contributed by atoms with Crippen molar-refractivity contribution in [3.63, 3.8) is 0 Å². The number of carboxylic acids is 1. The van der Waals surface area contributed by atoms with Crippen LogP contribution in [0.2, 0.25) is 0 Å². The molecule has 10 heteroatoms. The Kier molecular flexibility index (Phi) is 8.18. The van der Waals surface area contributed by atoms with Gasteiger partial charge in [-0.1, -0.05) is 12.1 Å². The van der Waals surface area contributed by atoms with E-state index in [4.69, 9.17) is 14.2 Å². The van der Waals surface area contributed by atoms with Gasteiger partial charge >= 0.3 is 11.8 Å². The van der Waals surface area contributed by atoms with E-state index >= 15 is 0 Å². The monoisotopic (exact) mass is 414 g/mol. The highest BCUT2D eigenvalue weighted by molar-refractivity contribution is 6.39. The van der Waals surface area contributed by atoms with Gasteiger partial charge in [-0.15, -0.1) is 0 Å². The average Bonchev–Trinajstić information content (AvgIpc) is 2.73. The van der Waals surface area contributed by atoms with Crippen molar-refractivity contribution in [1.82, 2.24) is 5.43 Å². The molecule has 0 aliphatic carbocycles. The Morgan fingerprint density at radius 2 is 1.80 bits per heavy atom. The van der Waals surface area contributed by atoms with E-state index in [1.165, 1.54) is 19.4 Å². The van der Waals surface area contributed by atoms with Crippen LogP contribution in [0.1, 0.15) is 12.5 Å². The number of nitrogens with one attached hydrogen (secondary N) is 2. The minimum Gasteiger partial charge on any atom is -0.546 e. The SMILES string of the molecule is CCOc1cc(/C=N\NC(=O)C(=O)Nc2ccccc2OC)ccc1OCC(=O)[O-]. The Morgan fingerprint density at radius 3 is 2.50 bits per heavy atom. The predicted octanol–water partition coefficient (Wildman–Crippen LogP) is 0.311. The summed E-state index contributed by atoms with van der Waals surface area (Å²) in [6, 6.07) is 11.2. The summed E-state index contributed by atoms with van der Waals surface area (Å²) < 4.78 is 15.6. The molecule has 0 bridgehead atoms. The summed E-state index contributed by atoms with van der Waals surface area (Å²) in [6.45, 7) is 1.46. The van der Waals surface area contributed by atoms with Crippen molar-refractivity contribution in [2.24, 2.45) is 5.10 Å². The van der Waals surface area contributed by atoms with Crippen LogP contribution in [0.25, 0.3) is 0 Å². The molecule has 0 radical (unpaired) electrons. The average molecular weight is 414 g/mol. The van der Waals surface area contributed by atoms with Crippen LogP contribution in [0.5, 0.6) is 17.2 Å². The Balaban J connectivity index is 1.99. The number of carbonyl (C=O) groups is 3. The zero-order valence-electron chi connectivity index (χ0n) is 16.3. The van der Waals surface area contributed by atoms with E-state index in [9.17, 15) is 19.5 Å². The number of ether oxygens (including phenoxy) is 3. The number of hydrazone groups is 1. The largest absolute Gasteiger partial charge is 0.546 e. The molecule has 0 fully saturated rings. The zero-order valence-corrected chi connectivity index (χ0v) is 16.3. The lowest BCUT2D eigenvalue weighted by Gasteiger charge is -2.12. The number of benzene rings is 2. The topological polar surface area (TPSA) is 138 Å². The van der Waals surface area contributed by atoms with Gasteiger partial charge in [0.05, 0.1) is 31.6 Å². The number of hydrogen-bond donors (Lipinski definition) is 2. The van der Waals surface area contributed by atoms with Gasteiger partial charge in [0.15, 0.2) is 11.5 Å². The van der Waals surface area contributed by atoms with Gasteiger partial charge in [-0.2, -0.15) is 5.10 Å². The normalized spacial score (nSPS) is 10.3. The van der Waals surface area contributed by atoms with Crippen molar-refractivity contribution in [2.75, 3.05) is 25.6 Å². The molecule has 0 aliphatic heterocycles. The molecular formula is C20H20N3O7-. The Bertz CT molecular complexity index is 944. The van der Waals surface area contributed by atoms with Crippen LogP contribution in [0.4, 0.5) is 5.69 Å². The predicted molar refractivity (Wildman–Crippen MR) is 105 cm³/mol. The first-order valence-electron chi connectivity index (χ1n) is 8.81. The third-order valence-electron chi connectivity index (χ3n) is 3.55. The molecule has 2 rings (SSSR count). The Hall–Kier alpha value is -4.08. The first-order chi connectivity index (χ1) is 14.4. The zero-order chi connectivity index (χ0) is 21.9. The van der Waals surface area contributed by atoms with Gasteiger partial charge in [0.25, 0.3) is 0 Å². The summed E-state index contributed by atoms with van der Waals surface area (Å²) in [4.78, 5) is 34.5. The Labute approximate surface area is 172 Å². The minimum atomic E-state index is -1.36. The number of nitrogens with zero attached hydrogens (tertiary/aromatic N) is 1. The highest BCUT2D eigenvalue weighted by atomic mass is 16.5. The van der Waals surface area contributed by atoms with Crippen molar-refractivity contribution in [3.8, 4) is 17.2 Å². The maximum atomic E-state index is 12.0. The van der Waals surface area contributed by atoms with Gasteiger partial charge < -0.3 is 29.4 Å². The van der Waals surface area contributed by atoms with E-state index in [-0.39, 0.29) is 5.75 Å². The minimum absolute atomic E-state index is 0.221. The molecule has 30 heavy (non-hydrogen) atoms. The molecule has 0 saturated heterocycles. The number of anilines is 1. The van der Waals surface area contributed by atoms with Crippen molar-refractivity contribution in [3.05, 3.63) is 48.0 Å². The molecular weight excluding hydrogens is 394 g/mol. The summed E-state index contributed by atoms with van der Waals surface area (Å²) in [5, 5.41) is 16.7. The van der Waals surface area contributed by atoms with Gasteiger partial charge in [0.2, 0.25) is 0 Å². The number of methoxy groups -OCH3 is 1. The summed E-state index contributed by atoms with van der Waals surface area (Å²) >= 11 is 0. The third-order valence-corrected chi connectivity index (χ3v) is 3.55. The van der Waals surface area contributed by atoms with Crippen LogP contribution in [0.3, 0.4) is 0 Å². The molecule has 158 valence electrons. The number of aliphatic carboxylic acids is 1. The molecule has 0 saturated carbocycles. The summed E-state index contributed by atoms with van der Waals surface area (Å²) in [6.07, 6.45) is 1.29. The van der Waals surface area contributed by atoms with E-state index in [0.29, 0.717) is 29.4 Å². The maximum absolute atomic E-state index is 12.0. The van der Waals surface area contributed by atoms with Crippen LogP contribution >= 0.6 is 0 Å². The van der Waals surface area contributed by atoms with Crippen molar-refractivity contribution < 1.29 is 33.7 Å². The fourth-order valence-electron chi connectivity index (χ4n) is 2.27. The first-order valence-corrected chi connectivity index (χ1v) is 8.81. The molecule has 0 spiro atoms. The second-order valence-electron chi connectivity index (χ2n) is 5.65. The second kappa shape index (κ2) is 11.1. The van der Waals surface area contributed by atoms with Gasteiger partial charge in [0.1, 0.15) is 12.4 Å². The lowest BCUT2D eigenvalue weighted by Crippen LogP contribution is -2.32. The maximum Gasteiger partial charge on any atom is 0.329 e. The molecule has 2 aromatic carbocycles. The van der Waals surface area contributed by atoms with E-state index in [0.717, 1.165) is 0 Å². The lowest BCUT2D eigenvalue weighted by molar-refractivity contribution is -0.307. The van der Waals surface area contributed by atoms with E-state index in [1.54, 1.807) is 43.3 Å². The fraction of sp³-hybridized carbons (Fsp3) is 0.200. The van der Waals surface area contributed by atoms with Crippen molar-refractivity contribution >= 4 is 29.7 Å². The van der Waals surface area contributed by atoms with E-state index in [1.807, 2.05) is 0 Å². The number of rotatable bonds is 9. The fourth-order valence-corrected chi connectivity index (χ4v) is 2.27. The van der Waals surface area contributed by atoms with Gasteiger partial charge in [-0.05, 0) is 42.8 Å². The number of carboxylic acid groups (broad SMARTS) is 1. The lowest BCUT2D eigenvalue weighted by atomic mass is 10.2. The highest BCUT2D eigenvalue weighted by Gasteiger charge is 2.15. The molecule has 2 aromatic rings. The third kappa shape index (κ3) is 6.51. The Morgan fingerprint density at radius 1 is 1.03 bits per heavy atom. The van der Waals surface area contributed by atoms with Gasteiger partial charge in [0, 0.05) is 0 Å². The van der Waals surface area contributed by atoms with E-state index < -0.39 is 24.4 Å². The smallest absolute Gasteiger partial charge is 0.329 e. The number of hydrogen-bond acceptors (Lipinski definition) is 8. The standard InChI is InChI=1S/C20H21N3O7/c1-3-29-17-10-13(8-9-16(17)30-12-18(24)25)11-21-23-20(27)19(26)22-14-6-4-5-7-15(14)28-2/h4-11H,3,12H2,1-2H3,(H,22,26)(H,23,27)(H,24,25)/p-1/b21-11-. The molecule has 0 unspecified atom stereocenters. The molecule has 10 nitrogen and oxygen atoms in total. The molecule has 0 heterocycles. The van der Waals surface area contributed by atoms with Gasteiger partial charge in [-0.3, -0.25) is 9.59 Å². The first kappa shape index (κ1) is 22.2. The molecule has 0 atom stereocenters. The second-order valence-corrected chi connectivity index (χ2v) is 5.65. The van der Waals surface area contributed by atoms with Crippen LogP contribution in [0, 0.1) is 0 Å². The molecule has 2 N–H and O–H groups in total. The highest BCUT2D eigenvalue weighted by Crippen LogP contribution is 2.28. The van der Waals surface area contributed by atoms with Crippen LogP contribution in [-0.2, 0) is 14.4 Å². The number of amides is 2. The van der Waals surface area contributed by atoms with Crippen molar-refractivity contribution in [2.45, 2.75) is 6.92 Å². The molecule has 0 aromatic heterocycles. The van der Waals surface area contributed by atoms with Crippen LogP contribution < -0.4 is 30.1 Å². The van der Waals surface area contributed by atoms with Crippen LogP contribution in [-0.4, -0.2) is 44.3 Å². The van der Waals surface area contributed by atoms with Crippen LogP contribution in [0.15, 0.2) is 47.6 Å². The molecule has 2 amide bonds. The summed E-state index contributed by atoms with van der Waals surface area (Å²) in [7, 11) is 1.45. The van der Waals surface area contributed by atoms with E-state index in [2.05, 4.69) is 15.8 Å².